The molecular weight excluding hydrogens is 417 g/mol. The highest BCUT2D eigenvalue weighted by atomic mass is 19.1. The molecule has 1 aromatic carbocycles. The summed E-state index contributed by atoms with van der Waals surface area (Å²) in [5, 5.41) is 0. The fraction of sp³-hybridized carbons (Fsp3) is 0.519. The maximum atomic E-state index is 14.0. The van der Waals surface area contributed by atoms with Gasteiger partial charge in [-0.3, -0.25) is 14.6 Å². The van der Waals surface area contributed by atoms with Gasteiger partial charge in [-0.15, -0.1) is 0 Å². The van der Waals surface area contributed by atoms with E-state index < -0.39 is 5.41 Å². The number of carbonyl (C=O) groups excluding carboxylic acids is 2. The topological polar surface area (TPSA) is 53.5 Å². The van der Waals surface area contributed by atoms with Gasteiger partial charge in [-0.2, -0.15) is 0 Å². The van der Waals surface area contributed by atoms with E-state index in [1.54, 1.807) is 19.1 Å². The number of amides is 2. The van der Waals surface area contributed by atoms with E-state index in [0.717, 1.165) is 49.3 Å². The number of hydrogen-bond acceptors (Lipinski definition) is 3. The van der Waals surface area contributed by atoms with E-state index in [4.69, 9.17) is 0 Å². The maximum Gasteiger partial charge on any atom is 0.229 e. The lowest BCUT2D eigenvalue weighted by Gasteiger charge is -2.45. The first kappa shape index (κ1) is 23.4. The van der Waals surface area contributed by atoms with Gasteiger partial charge in [0.25, 0.3) is 0 Å². The molecule has 0 unspecified atom stereocenters. The molecule has 1 atom stereocenters. The van der Waals surface area contributed by atoms with Crippen LogP contribution in [0.1, 0.15) is 49.6 Å². The highest BCUT2D eigenvalue weighted by Crippen LogP contribution is 2.38. The number of piperidine rings is 2. The lowest BCUT2D eigenvalue weighted by Crippen LogP contribution is -2.54. The summed E-state index contributed by atoms with van der Waals surface area (Å²) in [6.45, 7) is 6.30. The Morgan fingerprint density at radius 2 is 1.79 bits per heavy atom. The number of pyridine rings is 1. The Hall–Kier alpha value is -2.76. The molecule has 4 rings (SSSR count). The fourth-order valence-electron chi connectivity index (χ4n) is 5.47. The minimum Gasteiger partial charge on any atom is -0.343 e. The molecule has 1 aromatic heterocycles. The van der Waals surface area contributed by atoms with E-state index in [1.807, 2.05) is 24.0 Å². The number of benzene rings is 1. The second kappa shape index (κ2) is 10.0. The Morgan fingerprint density at radius 1 is 1.06 bits per heavy atom. The van der Waals surface area contributed by atoms with Crippen LogP contribution in [0.2, 0.25) is 0 Å². The maximum absolute atomic E-state index is 14.0. The second-order valence-electron chi connectivity index (χ2n) is 9.82. The van der Waals surface area contributed by atoms with Gasteiger partial charge in [0.1, 0.15) is 5.82 Å². The highest BCUT2D eigenvalue weighted by Gasteiger charge is 2.44. The molecule has 0 radical (unpaired) electrons. The van der Waals surface area contributed by atoms with Crippen LogP contribution in [0.15, 0.2) is 42.5 Å². The van der Waals surface area contributed by atoms with Crippen molar-refractivity contribution in [1.82, 2.24) is 14.8 Å². The van der Waals surface area contributed by atoms with Gasteiger partial charge >= 0.3 is 0 Å². The molecule has 2 aliphatic rings. The monoisotopic (exact) mass is 451 g/mol. The van der Waals surface area contributed by atoms with Crippen LogP contribution < -0.4 is 0 Å². The number of hydrogen-bond donors (Lipinski definition) is 0. The zero-order valence-electron chi connectivity index (χ0n) is 19.7. The van der Waals surface area contributed by atoms with E-state index in [9.17, 15) is 14.0 Å². The van der Waals surface area contributed by atoms with Gasteiger partial charge < -0.3 is 9.80 Å². The molecule has 2 fully saturated rings. The van der Waals surface area contributed by atoms with Crippen molar-refractivity contribution in [2.45, 2.75) is 52.4 Å². The summed E-state index contributed by atoms with van der Waals surface area (Å²) < 4.78 is 13.5. The smallest absolute Gasteiger partial charge is 0.229 e. The summed E-state index contributed by atoms with van der Waals surface area (Å²) >= 11 is 0. The summed E-state index contributed by atoms with van der Waals surface area (Å²) in [6.07, 6.45) is 4.84. The van der Waals surface area contributed by atoms with Crippen molar-refractivity contribution in [3.05, 3.63) is 65.2 Å². The molecule has 2 saturated heterocycles. The van der Waals surface area contributed by atoms with Crippen molar-refractivity contribution in [3.8, 4) is 0 Å². The van der Waals surface area contributed by atoms with Gasteiger partial charge in [-0.1, -0.05) is 18.2 Å². The first-order valence-corrected chi connectivity index (χ1v) is 12.1. The van der Waals surface area contributed by atoms with Crippen molar-refractivity contribution < 1.29 is 14.0 Å². The molecule has 2 aliphatic heterocycles. The number of likely N-dealkylation sites (tertiary alicyclic amines) is 2. The van der Waals surface area contributed by atoms with E-state index >= 15 is 0 Å². The first-order chi connectivity index (χ1) is 15.8. The SMILES string of the molecule is CC(=O)N1CCC(Cc2ccc(F)cc2)(C(=O)N2CCC[C@H](Cc3cccc(C)n3)C2)CC1. The largest absolute Gasteiger partial charge is 0.343 e. The number of rotatable bonds is 5. The first-order valence-electron chi connectivity index (χ1n) is 12.1. The molecular formula is C27H34FN3O2. The third-order valence-corrected chi connectivity index (χ3v) is 7.33. The van der Waals surface area contributed by atoms with Gasteiger partial charge in [0, 0.05) is 44.5 Å². The van der Waals surface area contributed by atoms with Gasteiger partial charge in [0.2, 0.25) is 11.8 Å². The fourth-order valence-corrected chi connectivity index (χ4v) is 5.47. The Labute approximate surface area is 196 Å². The number of nitrogens with zero attached hydrogens (tertiary/aromatic N) is 3. The van der Waals surface area contributed by atoms with Gasteiger partial charge in [0.05, 0.1) is 5.41 Å². The van der Waals surface area contributed by atoms with E-state index in [0.29, 0.717) is 38.3 Å². The van der Waals surface area contributed by atoms with Crippen LogP contribution in [-0.4, -0.2) is 52.8 Å². The van der Waals surface area contributed by atoms with Crippen molar-refractivity contribution >= 4 is 11.8 Å². The van der Waals surface area contributed by atoms with Crippen molar-refractivity contribution in [1.29, 1.82) is 0 Å². The molecule has 0 aliphatic carbocycles. The normalized spacial score (nSPS) is 20.5. The predicted octanol–water partition coefficient (Wildman–Crippen LogP) is 4.18. The standard InChI is InChI=1S/C27H34FN3O2/c1-20-5-3-7-25(29-20)17-23-6-4-14-31(19-23)26(33)27(12-15-30(16-13-27)21(2)32)18-22-8-10-24(28)11-9-22/h3,5,7-11,23H,4,6,12-19H2,1-2H3/t23-/m1/s1. The summed E-state index contributed by atoms with van der Waals surface area (Å²) in [4.78, 5) is 34.4. The Balaban J connectivity index is 1.51. The zero-order valence-corrected chi connectivity index (χ0v) is 19.7. The minimum absolute atomic E-state index is 0.0570. The van der Waals surface area contributed by atoms with Crippen LogP contribution in [0.4, 0.5) is 4.39 Å². The molecule has 2 aromatic rings. The molecule has 176 valence electrons. The lowest BCUT2D eigenvalue weighted by atomic mass is 9.72. The molecule has 0 bridgehead atoms. The van der Waals surface area contributed by atoms with Crippen molar-refractivity contribution in [3.63, 3.8) is 0 Å². The second-order valence-corrected chi connectivity index (χ2v) is 9.82. The molecule has 2 amide bonds. The number of halogens is 1. The third kappa shape index (κ3) is 5.60. The average molecular weight is 452 g/mol. The lowest BCUT2D eigenvalue weighted by molar-refractivity contribution is -0.149. The summed E-state index contributed by atoms with van der Waals surface area (Å²) in [5.41, 5.74) is 2.53. The van der Waals surface area contributed by atoms with Gasteiger partial charge in [-0.05, 0) is 81.2 Å². The molecule has 0 spiro atoms. The summed E-state index contributed by atoms with van der Waals surface area (Å²) in [6, 6.07) is 12.6. The summed E-state index contributed by atoms with van der Waals surface area (Å²) in [7, 11) is 0. The number of aromatic nitrogens is 1. The molecule has 0 saturated carbocycles. The predicted molar refractivity (Wildman–Crippen MR) is 126 cm³/mol. The van der Waals surface area contributed by atoms with Crippen LogP contribution in [0.5, 0.6) is 0 Å². The molecule has 3 heterocycles. The van der Waals surface area contributed by atoms with Gasteiger partial charge in [-0.25, -0.2) is 4.39 Å². The zero-order chi connectivity index (χ0) is 23.4. The minimum atomic E-state index is -0.548. The van der Waals surface area contributed by atoms with Crippen molar-refractivity contribution in [2.75, 3.05) is 26.2 Å². The molecule has 33 heavy (non-hydrogen) atoms. The van der Waals surface area contributed by atoms with Crippen molar-refractivity contribution in [2.24, 2.45) is 11.3 Å². The number of aryl methyl sites for hydroxylation is 1. The van der Waals surface area contributed by atoms with Gasteiger partial charge in [0.15, 0.2) is 0 Å². The number of carbonyl (C=O) groups is 2. The molecule has 6 heteroatoms. The van der Waals surface area contributed by atoms with Crippen LogP contribution in [0.25, 0.3) is 0 Å². The third-order valence-electron chi connectivity index (χ3n) is 7.33. The van der Waals surface area contributed by atoms with E-state index in [1.165, 1.54) is 12.1 Å². The quantitative estimate of drug-likeness (QED) is 0.685. The van der Waals surface area contributed by atoms with Crippen LogP contribution >= 0.6 is 0 Å². The summed E-state index contributed by atoms with van der Waals surface area (Å²) in [5.74, 6) is 0.379. The van der Waals surface area contributed by atoms with Crippen LogP contribution in [0, 0.1) is 24.1 Å². The Kier molecular flexibility index (Phi) is 7.11. The molecule has 0 N–H and O–H groups in total. The Morgan fingerprint density at radius 3 is 2.45 bits per heavy atom. The highest BCUT2D eigenvalue weighted by molar-refractivity contribution is 5.84. The average Bonchev–Trinajstić information content (AvgIpc) is 2.80. The van der Waals surface area contributed by atoms with Crippen LogP contribution in [-0.2, 0) is 22.4 Å². The van der Waals surface area contributed by atoms with Crippen LogP contribution in [0.3, 0.4) is 0 Å². The van der Waals surface area contributed by atoms with E-state index in [2.05, 4.69) is 16.0 Å². The Bertz CT molecular complexity index is 983. The van der Waals surface area contributed by atoms with E-state index in [-0.39, 0.29) is 17.6 Å². The molecule has 5 nitrogen and oxygen atoms in total.